The summed E-state index contributed by atoms with van der Waals surface area (Å²) in [6.07, 6.45) is 0.834. The molecule has 2 aromatic carbocycles. The van der Waals surface area contributed by atoms with E-state index in [-0.39, 0.29) is 13.0 Å². The third kappa shape index (κ3) is 8.37. The van der Waals surface area contributed by atoms with Gasteiger partial charge in [0.15, 0.2) is 6.61 Å². The number of aliphatic carboxylic acids is 2. The van der Waals surface area contributed by atoms with E-state index < -0.39 is 11.9 Å². The van der Waals surface area contributed by atoms with Crippen LogP contribution in [0.3, 0.4) is 0 Å². The van der Waals surface area contributed by atoms with Crippen LogP contribution < -0.4 is 4.74 Å². The van der Waals surface area contributed by atoms with Gasteiger partial charge in [0, 0.05) is 6.42 Å². The van der Waals surface area contributed by atoms with E-state index in [0.29, 0.717) is 12.2 Å². The van der Waals surface area contributed by atoms with Gasteiger partial charge in [0.05, 0.1) is 0 Å². The second-order valence-corrected chi connectivity index (χ2v) is 4.37. The number of carbonyl (C=O) groups is 2. The van der Waals surface area contributed by atoms with E-state index in [9.17, 15) is 9.59 Å². The van der Waals surface area contributed by atoms with E-state index in [1.807, 2.05) is 36.4 Å². The Balaban J connectivity index is 0.000000220. The van der Waals surface area contributed by atoms with Crippen LogP contribution in [0.2, 0.25) is 0 Å². The fraction of sp³-hybridized carbons (Fsp3) is 0.176. The molecular weight excluding hydrogens is 284 g/mol. The molecule has 116 valence electrons. The van der Waals surface area contributed by atoms with Gasteiger partial charge >= 0.3 is 11.9 Å². The zero-order chi connectivity index (χ0) is 16.2. The molecule has 0 aliphatic carbocycles. The van der Waals surface area contributed by atoms with Crippen LogP contribution in [0.25, 0.3) is 0 Å². The third-order valence-corrected chi connectivity index (χ3v) is 2.58. The fourth-order valence-electron chi connectivity index (χ4n) is 1.56. The zero-order valence-electron chi connectivity index (χ0n) is 12.0. The van der Waals surface area contributed by atoms with Gasteiger partial charge in [-0.1, -0.05) is 48.5 Å². The predicted octanol–water partition coefficient (Wildman–Crippen LogP) is 2.85. The summed E-state index contributed by atoms with van der Waals surface area (Å²) in [6, 6.07) is 18.5. The maximum Gasteiger partial charge on any atom is 0.341 e. The van der Waals surface area contributed by atoms with Crippen molar-refractivity contribution < 1.29 is 24.5 Å². The molecule has 5 nitrogen and oxygen atoms in total. The largest absolute Gasteiger partial charge is 0.482 e. The lowest BCUT2D eigenvalue weighted by Gasteiger charge is -2.00. The summed E-state index contributed by atoms with van der Waals surface area (Å²) in [7, 11) is 0. The summed E-state index contributed by atoms with van der Waals surface area (Å²) in [5, 5.41) is 16.6. The van der Waals surface area contributed by atoms with Crippen molar-refractivity contribution in [2.45, 2.75) is 12.8 Å². The molecule has 2 rings (SSSR count). The molecule has 22 heavy (non-hydrogen) atoms. The molecule has 0 fully saturated rings. The molecule has 0 aromatic heterocycles. The number of carboxylic acids is 2. The highest BCUT2D eigenvalue weighted by Crippen LogP contribution is 2.07. The summed E-state index contributed by atoms with van der Waals surface area (Å²) in [5.74, 6) is -1.13. The average Bonchev–Trinajstić information content (AvgIpc) is 2.53. The standard InChI is InChI=1S/C9H10O2.C8H8O3/c10-9(11)7-6-8-4-2-1-3-5-8;9-8(10)6-11-7-4-2-1-3-5-7/h1-5H,6-7H2,(H,10,11);1-5H,6H2,(H,9,10). The van der Waals surface area contributed by atoms with Gasteiger partial charge in [0.1, 0.15) is 5.75 Å². The topological polar surface area (TPSA) is 83.8 Å². The summed E-state index contributed by atoms with van der Waals surface area (Å²) in [6.45, 7) is -0.288. The Morgan fingerprint density at radius 1 is 0.818 bits per heavy atom. The highest BCUT2D eigenvalue weighted by molar-refractivity contribution is 5.68. The number of rotatable bonds is 6. The second-order valence-electron chi connectivity index (χ2n) is 4.37. The molecule has 0 aliphatic rings. The number of aryl methyl sites for hydroxylation is 1. The van der Waals surface area contributed by atoms with Crippen molar-refractivity contribution in [3.8, 4) is 5.75 Å². The molecule has 2 N–H and O–H groups in total. The summed E-state index contributed by atoms with van der Waals surface area (Å²) in [5.41, 5.74) is 1.08. The number of carboxylic acid groups (broad SMARTS) is 2. The molecule has 0 amide bonds. The summed E-state index contributed by atoms with van der Waals surface area (Å²) < 4.78 is 4.87. The van der Waals surface area contributed by atoms with Gasteiger partial charge in [0.25, 0.3) is 0 Å². The van der Waals surface area contributed by atoms with Gasteiger partial charge in [-0.25, -0.2) is 4.79 Å². The van der Waals surface area contributed by atoms with Crippen molar-refractivity contribution in [1.29, 1.82) is 0 Å². The van der Waals surface area contributed by atoms with Crippen LogP contribution in [-0.2, 0) is 16.0 Å². The van der Waals surface area contributed by atoms with Gasteiger partial charge in [-0.15, -0.1) is 0 Å². The van der Waals surface area contributed by atoms with E-state index in [4.69, 9.17) is 14.9 Å². The Hall–Kier alpha value is -2.82. The Morgan fingerprint density at radius 2 is 1.36 bits per heavy atom. The number of para-hydroxylation sites is 1. The van der Waals surface area contributed by atoms with Gasteiger partial charge in [0.2, 0.25) is 0 Å². The number of hydrogen-bond acceptors (Lipinski definition) is 3. The van der Waals surface area contributed by atoms with Crippen molar-refractivity contribution in [3.05, 3.63) is 66.2 Å². The van der Waals surface area contributed by atoms with Crippen molar-refractivity contribution in [3.63, 3.8) is 0 Å². The smallest absolute Gasteiger partial charge is 0.341 e. The van der Waals surface area contributed by atoms with E-state index in [1.165, 1.54) is 0 Å². The lowest BCUT2D eigenvalue weighted by Crippen LogP contribution is -2.09. The molecular formula is C17H18O5. The molecule has 0 bridgehead atoms. The van der Waals surface area contributed by atoms with E-state index in [2.05, 4.69) is 0 Å². The van der Waals surface area contributed by atoms with Crippen LogP contribution in [0.4, 0.5) is 0 Å². The van der Waals surface area contributed by atoms with E-state index in [1.54, 1.807) is 24.3 Å². The van der Waals surface area contributed by atoms with Crippen LogP contribution in [0.5, 0.6) is 5.75 Å². The Labute approximate surface area is 128 Å². The molecule has 5 heteroatoms. The molecule has 0 radical (unpaired) electrons. The lowest BCUT2D eigenvalue weighted by molar-refractivity contribution is -0.139. The van der Waals surface area contributed by atoms with Crippen molar-refractivity contribution in [2.24, 2.45) is 0 Å². The Morgan fingerprint density at radius 3 is 1.86 bits per heavy atom. The minimum atomic E-state index is -0.964. The molecule has 0 unspecified atom stereocenters. The first kappa shape index (κ1) is 17.2. The molecule has 0 spiro atoms. The van der Waals surface area contributed by atoms with Crippen LogP contribution in [0.15, 0.2) is 60.7 Å². The SMILES string of the molecule is O=C(O)CCc1ccccc1.O=C(O)COc1ccccc1. The van der Waals surface area contributed by atoms with Crippen molar-refractivity contribution >= 4 is 11.9 Å². The third-order valence-electron chi connectivity index (χ3n) is 2.58. The minimum Gasteiger partial charge on any atom is -0.482 e. The first-order chi connectivity index (χ1) is 10.6. The van der Waals surface area contributed by atoms with Crippen LogP contribution in [0, 0.1) is 0 Å². The monoisotopic (exact) mass is 302 g/mol. The lowest BCUT2D eigenvalue weighted by atomic mass is 10.1. The van der Waals surface area contributed by atoms with Crippen molar-refractivity contribution in [2.75, 3.05) is 6.61 Å². The molecule has 2 aromatic rings. The van der Waals surface area contributed by atoms with E-state index >= 15 is 0 Å². The second kappa shape index (κ2) is 9.99. The van der Waals surface area contributed by atoms with Crippen LogP contribution in [-0.4, -0.2) is 28.8 Å². The number of ether oxygens (including phenoxy) is 1. The van der Waals surface area contributed by atoms with Crippen LogP contribution >= 0.6 is 0 Å². The average molecular weight is 302 g/mol. The van der Waals surface area contributed by atoms with Crippen LogP contribution in [0.1, 0.15) is 12.0 Å². The Bertz CT molecular complexity index is 513. The normalized spacial score (nSPS) is 9.27. The van der Waals surface area contributed by atoms with Gasteiger partial charge in [-0.2, -0.15) is 0 Å². The summed E-state index contributed by atoms with van der Waals surface area (Å²) >= 11 is 0. The van der Waals surface area contributed by atoms with E-state index in [0.717, 1.165) is 5.56 Å². The molecule has 0 saturated heterocycles. The van der Waals surface area contributed by atoms with Crippen molar-refractivity contribution in [1.82, 2.24) is 0 Å². The zero-order valence-corrected chi connectivity index (χ0v) is 12.0. The number of benzene rings is 2. The van der Waals surface area contributed by atoms with Gasteiger partial charge in [-0.05, 0) is 24.1 Å². The molecule has 0 atom stereocenters. The minimum absolute atomic E-state index is 0.212. The quantitative estimate of drug-likeness (QED) is 0.857. The Kier molecular flexibility index (Phi) is 7.82. The maximum atomic E-state index is 10.2. The maximum absolute atomic E-state index is 10.2. The van der Waals surface area contributed by atoms with Gasteiger partial charge in [-0.3, -0.25) is 4.79 Å². The first-order valence-electron chi connectivity index (χ1n) is 6.73. The molecule has 0 aliphatic heterocycles. The summed E-state index contributed by atoms with van der Waals surface area (Å²) in [4.78, 5) is 20.2. The fourth-order valence-corrected chi connectivity index (χ4v) is 1.56. The first-order valence-corrected chi connectivity index (χ1v) is 6.73. The molecule has 0 heterocycles. The van der Waals surface area contributed by atoms with Gasteiger partial charge < -0.3 is 14.9 Å². The highest BCUT2D eigenvalue weighted by Gasteiger charge is 1.97. The predicted molar refractivity (Wildman–Crippen MR) is 82.0 cm³/mol. The highest BCUT2D eigenvalue weighted by atomic mass is 16.5. The molecule has 0 saturated carbocycles. The number of hydrogen-bond donors (Lipinski definition) is 2.